The van der Waals surface area contributed by atoms with Crippen molar-refractivity contribution < 1.29 is 4.39 Å². The molecular weight excluding hydrogens is 343 g/mol. The van der Waals surface area contributed by atoms with Crippen LogP contribution in [0, 0.1) is 5.82 Å². The first kappa shape index (κ1) is 16.6. The molecule has 0 saturated heterocycles. The minimum absolute atomic E-state index is 0.186. The lowest BCUT2D eigenvalue weighted by molar-refractivity contribution is 0.602. The summed E-state index contributed by atoms with van der Waals surface area (Å²) in [5.74, 6) is 0.465. The topological polar surface area (TPSA) is 17.8 Å². The van der Waals surface area contributed by atoms with Crippen molar-refractivity contribution in [1.82, 2.24) is 9.78 Å². The van der Waals surface area contributed by atoms with Gasteiger partial charge in [-0.05, 0) is 24.3 Å². The summed E-state index contributed by atoms with van der Waals surface area (Å²) in [6.45, 7) is 0. The summed E-state index contributed by atoms with van der Waals surface area (Å²) in [6, 6.07) is 27.0. The zero-order valence-electron chi connectivity index (χ0n) is 14.0. The number of hydrogen-bond acceptors (Lipinski definition) is 2. The Kier molecular flexibility index (Phi) is 4.84. The fourth-order valence-corrected chi connectivity index (χ4v) is 3.69. The summed E-state index contributed by atoms with van der Waals surface area (Å²) in [5, 5.41) is 4.79. The third kappa shape index (κ3) is 3.55. The third-order valence-electron chi connectivity index (χ3n) is 4.08. The number of aromatic nitrogens is 2. The molecule has 0 radical (unpaired) electrons. The normalized spacial score (nSPS) is 10.8. The molecule has 1 heterocycles. The summed E-state index contributed by atoms with van der Waals surface area (Å²) < 4.78 is 15.8. The van der Waals surface area contributed by atoms with Crippen LogP contribution in [0.1, 0.15) is 5.56 Å². The summed E-state index contributed by atoms with van der Waals surface area (Å²) >= 11 is 1.49. The Labute approximate surface area is 156 Å². The summed E-state index contributed by atoms with van der Waals surface area (Å²) in [5.41, 5.74) is 4.07. The lowest BCUT2D eigenvalue weighted by Gasteiger charge is -2.04. The van der Waals surface area contributed by atoms with E-state index in [1.807, 2.05) is 71.5 Å². The van der Waals surface area contributed by atoms with E-state index >= 15 is 0 Å². The first-order chi connectivity index (χ1) is 12.8. The molecule has 0 unspecified atom stereocenters. The van der Waals surface area contributed by atoms with Crippen LogP contribution < -0.4 is 0 Å². The molecule has 4 rings (SSSR count). The number of thioether (sulfide) groups is 1. The summed E-state index contributed by atoms with van der Waals surface area (Å²) in [6.07, 6.45) is 2.03. The van der Waals surface area contributed by atoms with Crippen LogP contribution in [-0.2, 0) is 5.75 Å². The third-order valence-corrected chi connectivity index (χ3v) is 5.18. The van der Waals surface area contributed by atoms with E-state index in [4.69, 9.17) is 5.10 Å². The van der Waals surface area contributed by atoms with Crippen molar-refractivity contribution in [3.63, 3.8) is 0 Å². The summed E-state index contributed by atoms with van der Waals surface area (Å²) in [4.78, 5) is 0.652. The molecule has 0 N–H and O–H groups in total. The Morgan fingerprint density at radius 3 is 2.19 bits per heavy atom. The van der Waals surface area contributed by atoms with Crippen LogP contribution in [0.4, 0.5) is 4.39 Å². The SMILES string of the molecule is Fc1ccccc1SCc1cn(-c2ccccc2)nc1-c1ccccc1. The largest absolute Gasteiger partial charge is 0.240 e. The van der Waals surface area contributed by atoms with Gasteiger partial charge in [0.1, 0.15) is 5.82 Å². The smallest absolute Gasteiger partial charge is 0.136 e. The van der Waals surface area contributed by atoms with Gasteiger partial charge in [-0.15, -0.1) is 11.8 Å². The molecule has 0 fully saturated rings. The van der Waals surface area contributed by atoms with Gasteiger partial charge in [-0.2, -0.15) is 5.10 Å². The second kappa shape index (κ2) is 7.58. The molecule has 128 valence electrons. The van der Waals surface area contributed by atoms with Crippen LogP contribution in [0.5, 0.6) is 0 Å². The zero-order chi connectivity index (χ0) is 17.8. The van der Waals surface area contributed by atoms with Crippen LogP contribution in [0.25, 0.3) is 16.9 Å². The van der Waals surface area contributed by atoms with Crippen LogP contribution in [0.3, 0.4) is 0 Å². The number of halogens is 1. The van der Waals surface area contributed by atoms with Crippen molar-refractivity contribution in [2.24, 2.45) is 0 Å². The Bertz CT molecular complexity index is 997. The van der Waals surface area contributed by atoms with Crippen LogP contribution in [0.15, 0.2) is 96.0 Å². The highest BCUT2D eigenvalue weighted by Crippen LogP contribution is 2.31. The lowest BCUT2D eigenvalue weighted by Crippen LogP contribution is -1.93. The van der Waals surface area contributed by atoms with Gasteiger partial charge in [0.05, 0.1) is 11.4 Å². The number of rotatable bonds is 5. The van der Waals surface area contributed by atoms with Crippen molar-refractivity contribution >= 4 is 11.8 Å². The van der Waals surface area contributed by atoms with Crippen molar-refractivity contribution in [3.8, 4) is 16.9 Å². The minimum atomic E-state index is -0.186. The Hall–Kier alpha value is -2.85. The molecule has 0 aliphatic rings. The van der Waals surface area contributed by atoms with Crippen molar-refractivity contribution in [3.05, 3.63) is 103 Å². The quantitative estimate of drug-likeness (QED) is 0.408. The van der Waals surface area contributed by atoms with Gasteiger partial charge in [-0.1, -0.05) is 60.7 Å². The zero-order valence-corrected chi connectivity index (χ0v) is 14.9. The average Bonchev–Trinajstić information content (AvgIpc) is 3.13. The van der Waals surface area contributed by atoms with Gasteiger partial charge in [0.15, 0.2) is 0 Å². The Morgan fingerprint density at radius 2 is 1.46 bits per heavy atom. The lowest BCUT2D eigenvalue weighted by atomic mass is 10.1. The minimum Gasteiger partial charge on any atom is -0.240 e. The van der Waals surface area contributed by atoms with Gasteiger partial charge in [-0.3, -0.25) is 0 Å². The first-order valence-electron chi connectivity index (χ1n) is 8.38. The van der Waals surface area contributed by atoms with Crippen LogP contribution in [0.2, 0.25) is 0 Å². The number of benzene rings is 3. The predicted molar refractivity (Wildman–Crippen MR) is 105 cm³/mol. The molecule has 0 saturated carbocycles. The van der Waals surface area contributed by atoms with Gasteiger partial charge in [-0.25, -0.2) is 9.07 Å². The highest BCUT2D eigenvalue weighted by Gasteiger charge is 2.13. The highest BCUT2D eigenvalue weighted by molar-refractivity contribution is 7.98. The fourth-order valence-electron chi connectivity index (χ4n) is 2.78. The van der Waals surface area contributed by atoms with Gasteiger partial charge in [0, 0.05) is 28.0 Å². The maximum Gasteiger partial charge on any atom is 0.136 e. The Balaban J connectivity index is 1.70. The number of para-hydroxylation sites is 1. The van der Waals surface area contributed by atoms with E-state index in [-0.39, 0.29) is 5.82 Å². The Morgan fingerprint density at radius 1 is 0.808 bits per heavy atom. The number of nitrogens with zero attached hydrogens (tertiary/aromatic N) is 2. The van der Waals surface area contributed by atoms with Gasteiger partial charge in [0.25, 0.3) is 0 Å². The summed E-state index contributed by atoms with van der Waals surface area (Å²) in [7, 11) is 0. The molecule has 0 aliphatic heterocycles. The van der Waals surface area contributed by atoms with Gasteiger partial charge < -0.3 is 0 Å². The van der Waals surface area contributed by atoms with E-state index in [2.05, 4.69) is 12.1 Å². The van der Waals surface area contributed by atoms with Crippen LogP contribution in [-0.4, -0.2) is 9.78 Å². The maximum absolute atomic E-state index is 13.9. The van der Waals surface area contributed by atoms with E-state index in [0.717, 1.165) is 22.5 Å². The molecule has 0 bridgehead atoms. The van der Waals surface area contributed by atoms with E-state index in [1.165, 1.54) is 17.8 Å². The van der Waals surface area contributed by atoms with Crippen LogP contribution >= 0.6 is 11.8 Å². The van der Waals surface area contributed by atoms with E-state index in [0.29, 0.717) is 10.6 Å². The molecule has 0 amide bonds. The van der Waals surface area contributed by atoms with Crippen molar-refractivity contribution in [2.45, 2.75) is 10.6 Å². The average molecular weight is 360 g/mol. The molecule has 0 spiro atoms. The molecule has 4 heteroatoms. The highest BCUT2D eigenvalue weighted by atomic mass is 32.2. The van der Waals surface area contributed by atoms with E-state index in [9.17, 15) is 4.39 Å². The second-order valence-electron chi connectivity index (χ2n) is 5.87. The molecule has 2 nitrogen and oxygen atoms in total. The molecule has 3 aromatic carbocycles. The molecule has 26 heavy (non-hydrogen) atoms. The van der Waals surface area contributed by atoms with E-state index in [1.54, 1.807) is 6.07 Å². The monoisotopic (exact) mass is 360 g/mol. The number of hydrogen-bond donors (Lipinski definition) is 0. The molecular formula is C22H17FN2S. The molecule has 1 aromatic heterocycles. The van der Waals surface area contributed by atoms with Gasteiger partial charge >= 0.3 is 0 Å². The molecule has 4 aromatic rings. The van der Waals surface area contributed by atoms with Crippen molar-refractivity contribution in [1.29, 1.82) is 0 Å². The van der Waals surface area contributed by atoms with Gasteiger partial charge in [0.2, 0.25) is 0 Å². The van der Waals surface area contributed by atoms with E-state index < -0.39 is 0 Å². The molecule has 0 aliphatic carbocycles. The van der Waals surface area contributed by atoms with Crippen molar-refractivity contribution in [2.75, 3.05) is 0 Å². The second-order valence-corrected chi connectivity index (χ2v) is 6.89. The maximum atomic E-state index is 13.9. The first-order valence-corrected chi connectivity index (χ1v) is 9.36. The fraction of sp³-hybridized carbons (Fsp3) is 0.0455. The molecule has 0 atom stereocenters. The standard InChI is InChI=1S/C22H17FN2S/c23-20-13-7-8-14-21(20)26-16-18-15-25(19-11-5-2-6-12-19)24-22(18)17-9-3-1-4-10-17/h1-15H,16H2. The predicted octanol–water partition coefficient (Wildman–Crippen LogP) is 5.97.